The highest BCUT2D eigenvalue weighted by Gasteiger charge is 2.42. The SMILES string of the molecule is CCCCCCCCCCCC[C@@H](O)[C@H]1CC[C@H]([C@H]2CC[C@H]([C@H]3CC[C@H](CC)O3)O2)O1. The molecule has 4 nitrogen and oxygen atoms in total. The normalized spacial score (nSPS) is 34.5. The monoisotopic (exact) mass is 438 g/mol. The second-order valence-corrected chi connectivity index (χ2v) is 10.4. The smallest absolute Gasteiger partial charge is 0.0842 e. The van der Waals surface area contributed by atoms with Gasteiger partial charge in [0.25, 0.3) is 0 Å². The molecule has 3 rings (SSSR count). The molecular weight excluding hydrogens is 388 g/mol. The first-order valence-corrected chi connectivity index (χ1v) is 13.9. The maximum Gasteiger partial charge on any atom is 0.0842 e. The quantitative estimate of drug-likeness (QED) is 0.289. The van der Waals surface area contributed by atoms with E-state index >= 15 is 0 Å². The van der Waals surface area contributed by atoms with Crippen molar-refractivity contribution in [3.05, 3.63) is 0 Å². The molecule has 0 amide bonds. The molecule has 0 saturated carbocycles. The van der Waals surface area contributed by atoms with Gasteiger partial charge < -0.3 is 19.3 Å². The molecule has 1 N–H and O–H groups in total. The summed E-state index contributed by atoms with van der Waals surface area (Å²) in [4.78, 5) is 0. The molecule has 0 spiro atoms. The fraction of sp³-hybridized carbons (Fsp3) is 1.00. The van der Waals surface area contributed by atoms with E-state index in [0.717, 1.165) is 51.4 Å². The fourth-order valence-electron chi connectivity index (χ4n) is 5.82. The predicted molar refractivity (Wildman–Crippen MR) is 126 cm³/mol. The van der Waals surface area contributed by atoms with Crippen LogP contribution >= 0.6 is 0 Å². The van der Waals surface area contributed by atoms with Crippen molar-refractivity contribution in [2.24, 2.45) is 0 Å². The van der Waals surface area contributed by atoms with E-state index in [1.807, 2.05) is 0 Å². The van der Waals surface area contributed by atoms with Gasteiger partial charge in [0.05, 0.1) is 42.7 Å². The van der Waals surface area contributed by atoms with E-state index in [4.69, 9.17) is 14.2 Å². The van der Waals surface area contributed by atoms with Gasteiger partial charge in [-0.05, 0) is 51.4 Å². The van der Waals surface area contributed by atoms with Gasteiger partial charge in [0, 0.05) is 0 Å². The van der Waals surface area contributed by atoms with E-state index in [1.54, 1.807) is 0 Å². The Balaban J connectivity index is 1.22. The van der Waals surface area contributed by atoms with Crippen molar-refractivity contribution < 1.29 is 19.3 Å². The van der Waals surface area contributed by atoms with Crippen molar-refractivity contribution >= 4 is 0 Å². The Morgan fingerprint density at radius 2 is 1.13 bits per heavy atom. The largest absolute Gasteiger partial charge is 0.390 e. The minimum Gasteiger partial charge on any atom is -0.390 e. The molecule has 0 unspecified atom stereocenters. The molecule has 0 aliphatic carbocycles. The number of hydrogen-bond acceptors (Lipinski definition) is 4. The van der Waals surface area contributed by atoms with Gasteiger partial charge in [-0.25, -0.2) is 0 Å². The van der Waals surface area contributed by atoms with E-state index in [-0.39, 0.29) is 36.6 Å². The number of unbranched alkanes of at least 4 members (excludes halogenated alkanes) is 9. The lowest BCUT2D eigenvalue weighted by Gasteiger charge is -2.24. The summed E-state index contributed by atoms with van der Waals surface area (Å²) in [5.74, 6) is 0. The molecule has 0 aromatic carbocycles. The zero-order valence-electron chi connectivity index (χ0n) is 20.4. The average Bonchev–Trinajstić information content (AvgIpc) is 3.54. The second-order valence-electron chi connectivity index (χ2n) is 10.4. The Kier molecular flexibility index (Phi) is 11.6. The molecule has 4 heteroatoms. The lowest BCUT2D eigenvalue weighted by Crippen LogP contribution is -2.33. The highest BCUT2D eigenvalue weighted by Crippen LogP contribution is 2.37. The minimum atomic E-state index is -0.306. The van der Waals surface area contributed by atoms with Crippen LogP contribution in [0.2, 0.25) is 0 Å². The summed E-state index contributed by atoms with van der Waals surface area (Å²) in [5, 5.41) is 10.6. The van der Waals surface area contributed by atoms with Crippen LogP contribution in [0.1, 0.15) is 129 Å². The lowest BCUT2D eigenvalue weighted by molar-refractivity contribution is -0.117. The zero-order chi connectivity index (χ0) is 21.9. The lowest BCUT2D eigenvalue weighted by atomic mass is 10.0. The van der Waals surface area contributed by atoms with Gasteiger partial charge in [0.2, 0.25) is 0 Å². The Morgan fingerprint density at radius 3 is 1.74 bits per heavy atom. The van der Waals surface area contributed by atoms with Gasteiger partial charge in [-0.1, -0.05) is 78.1 Å². The third-order valence-corrected chi connectivity index (χ3v) is 7.88. The zero-order valence-corrected chi connectivity index (χ0v) is 20.4. The first-order chi connectivity index (χ1) is 15.2. The van der Waals surface area contributed by atoms with Crippen LogP contribution in [0.3, 0.4) is 0 Å². The summed E-state index contributed by atoms with van der Waals surface area (Å²) < 4.78 is 18.8. The van der Waals surface area contributed by atoms with Crippen LogP contribution in [0.5, 0.6) is 0 Å². The third-order valence-electron chi connectivity index (χ3n) is 7.88. The van der Waals surface area contributed by atoms with Gasteiger partial charge in [-0.15, -0.1) is 0 Å². The van der Waals surface area contributed by atoms with Crippen LogP contribution in [0.4, 0.5) is 0 Å². The van der Waals surface area contributed by atoms with Crippen LogP contribution in [0, 0.1) is 0 Å². The molecule has 3 saturated heterocycles. The van der Waals surface area contributed by atoms with Crippen molar-refractivity contribution in [1.82, 2.24) is 0 Å². The van der Waals surface area contributed by atoms with E-state index in [9.17, 15) is 5.11 Å². The number of aliphatic hydroxyl groups excluding tert-OH is 1. The predicted octanol–water partition coefficient (Wildman–Crippen LogP) is 6.71. The van der Waals surface area contributed by atoms with Gasteiger partial charge in [0.1, 0.15) is 0 Å². The molecule has 3 heterocycles. The molecule has 0 aromatic rings. The molecule has 7 atom stereocenters. The summed E-state index contributed by atoms with van der Waals surface area (Å²) >= 11 is 0. The molecule has 0 bridgehead atoms. The Bertz CT molecular complexity index is 470. The highest BCUT2D eigenvalue weighted by molar-refractivity contribution is 4.91. The maximum absolute atomic E-state index is 10.6. The number of hydrogen-bond donors (Lipinski definition) is 1. The van der Waals surface area contributed by atoms with Crippen LogP contribution in [0.15, 0.2) is 0 Å². The Hall–Kier alpha value is -0.160. The summed E-state index contributed by atoms with van der Waals surface area (Å²) in [5.41, 5.74) is 0. The van der Waals surface area contributed by atoms with Crippen molar-refractivity contribution in [2.45, 2.75) is 172 Å². The van der Waals surface area contributed by atoms with Crippen molar-refractivity contribution in [3.63, 3.8) is 0 Å². The summed E-state index contributed by atoms with van der Waals surface area (Å²) in [7, 11) is 0. The first-order valence-electron chi connectivity index (χ1n) is 13.9. The Morgan fingerprint density at radius 1 is 0.613 bits per heavy atom. The number of rotatable bonds is 15. The summed E-state index contributed by atoms with van der Waals surface area (Å²) in [6.45, 7) is 4.48. The van der Waals surface area contributed by atoms with Crippen molar-refractivity contribution in [3.8, 4) is 0 Å². The fourth-order valence-corrected chi connectivity index (χ4v) is 5.82. The van der Waals surface area contributed by atoms with Crippen molar-refractivity contribution in [2.75, 3.05) is 0 Å². The van der Waals surface area contributed by atoms with E-state index in [0.29, 0.717) is 6.10 Å². The molecule has 3 aliphatic rings. The van der Waals surface area contributed by atoms with E-state index < -0.39 is 0 Å². The standard InChI is InChI=1S/C27H50O4/c1-3-5-6-7-8-9-10-11-12-13-14-22(28)23-17-18-26(30-23)27-20-19-25(31-27)24-16-15-21(4-2)29-24/h21-28H,3-20H2,1-2H3/t21-,22+,23+,24+,25+,26+,27+/m0/s1. The van der Waals surface area contributed by atoms with Crippen LogP contribution in [0.25, 0.3) is 0 Å². The summed E-state index contributed by atoms with van der Waals surface area (Å²) in [6, 6.07) is 0. The van der Waals surface area contributed by atoms with Gasteiger partial charge >= 0.3 is 0 Å². The first kappa shape index (κ1) is 25.5. The van der Waals surface area contributed by atoms with Crippen LogP contribution < -0.4 is 0 Å². The van der Waals surface area contributed by atoms with Crippen LogP contribution in [-0.2, 0) is 14.2 Å². The summed E-state index contributed by atoms with van der Waals surface area (Å²) in [6.07, 6.45) is 22.9. The van der Waals surface area contributed by atoms with Gasteiger partial charge in [-0.3, -0.25) is 0 Å². The topological polar surface area (TPSA) is 47.9 Å². The van der Waals surface area contributed by atoms with Gasteiger partial charge in [-0.2, -0.15) is 0 Å². The molecule has 3 fully saturated rings. The molecule has 3 aliphatic heterocycles. The number of ether oxygens (including phenoxy) is 3. The maximum atomic E-state index is 10.6. The van der Waals surface area contributed by atoms with E-state index in [2.05, 4.69) is 13.8 Å². The van der Waals surface area contributed by atoms with Gasteiger partial charge in [0.15, 0.2) is 0 Å². The molecule has 0 radical (unpaired) electrons. The molecular formula is C27H50O4. The molecule has 0 aromatic heterocycles. The van der Waals surface area contributed by atoms with Crippen molar-refractivity contribution in [1.29, 1.82) is 0 Å². The molecule has 31 heavy (non-hydrogen) atoms. The highest BCUT2D eigenvalue weighted by atomic mass is 16.6. The second kappa shape index (κ2) is 14.2. The molecule has 182 valence electrons. The minimum absolute atomic E-state index is 0.0124. The number of aliphatic hydroxyl groups is 1. The average molecular weight is 439 g/mol. The van der Waals surface area contributed by atoms with Crippen LogP contribution in [-0.4, -0.2) is 47.8 Å². The Labute approximate surface area is 191 Å². The van der Waals surface area contributed by atoms with E-state index in [1.165, 1.54) is 64.2 Å². The third kappa shape index (κ3) is 8.28.